The van der Waals surface area contributed by atoms with Crippen molar-refractivity contribution in [1.82, 2.24) is 9.55 Å². The van der Waals surface area contributed by atoms with Crippen LogP contribution in [0.4, 0.5) is 0 Å². The molecule has 0 saturated heterocycles. The summed E-state index contributed by atoms with van der Waals surface area (Å²) in [7, 11) is 1.78. The number of para-hydroxylation sites is 1. The summed E-state index contributed by atoms with van der Waals surface area (Å²) >= 11 is 5.97. The molecule has 0 atom stereocenters. The summed E-state index contributed by atoms with van der Waals surface area (Å²) in [5.41, 5.74) is 4.08. The molecule has 114 valence electrons. The summed E-state index contributed by atoms with van der Waals surface area (Å²) in [6.07, 6.45) is 4.55. The number of hydrogen-bond acceptors (Lipinski definition) is 2. The average Bonchev–Trinajstić information content (AvgIpc) is 3.15. The van der Waals surface area contributed by atoms with Gasteiger partial charge in [0.15, 0.2) is 0 Å². The second-order valence-corrected chi connectivity index (χ2v) is 6.62. The van der Waals surface area contributed by atoms with Gasteiger partial charge >= 0.3 is 0 Å². The van der Waals surface area contributed by atoms with Crippen molar-refractivity contribution in [2.45, 2.75) is 39.2 Å². The third kappa shape index (κ3) is 2.95. The lowest BCUT2D eigenvalue weighted by Gasteiger charge is -2.18. The van der Waals surface area contributed by atoms with Gasteiger partial charge in [-0.05, 0) is 43.2 Å². The molecule has 0 amide bonds. The minimum absolute atomic E-state index is 0.410. The first-order valence-electron chi connectivity index (χ1n) is 7.69. The lowest BCUT2D eigenvalue weighted by Crippen LogP contribution is -2.16. The van der Waals surface area contributed by atoms with E-state index in [4.69, 9.17) is 21.3 Å². The van der Waals surface area contributed by atoms with Crippen molar-refractivity contribution >= 4 is 22.6 Å². The number of halogens is 1. The van der Waals surface area contributed by atoms with Gasteiger partial charge in [-0.25, -0.2) is 4.98 Å². The molecule has 0 bridgehead atoms. The van der Waals surface area contributed by atoms with Crippen LogP contribution in [0, 0.1) is 12.3 Å². The number of hydrogen-bond donors (Lipinski definition) is 0. The summed E-state index contributed by atoms with van der Waals surface area (Å²) in [6, 6.07) is 6.35. The molecule has 1 fully saturated rings. The van der Waals surface area contributed by atoms with Crippen LogP contribution in [0.2, 0.25) is 0 Å². The fourth-order valence-electron chi connectivity index (χ4n) is 3.18. The molecule has 1 aliphatic rings. The Morgan fingerprint density at radius 3 is 2.86 bits per heavy atom. The molecule has 1 aliphatic carbocycles. The molecule has 3 rings (SSSR count). The van der Waals surface area contributed by atoms with Crippen LogP contribution in [0.15, 0.2) is 18.2 Å². The predicted molar refractivity (Wildman–Crippen MR) is 87.1 cm³/mol. The van der Waals surface area contributed by atoms with Crippen molar-refractivity contribution in [3.8, 4) is 0 Å². The minimum atomic E-state index is 0.410. The number of alkyl halides is 1. The number of imidazole rings is 1. The highest BCUT2D eigenvalue weighted by atomic mass is 35.5. The third-order valence-electron chi connectivity index (χ3n) is 4.65. The van der Waals surface area contributed by atoms with Crippen LogP contribution in [-0.4, -0.2) is 29.1 Å². The zero-order chi connectivity index (χ0) is 14.9. The topological polar surface area (TPSA) is 27.1 Å². The Balaban J connectivity index is 1.97. The maximum atomic E-state index is 5.97. The Kier molecular flexibility index (Phi) is 4.23. The molecule has 1 heterocycles. The lowest BCUT2D eigenvalue weighted by molar-refractivity contribution is 0.167. The van der Waals surface area contributed by atoms with Gasteiger partial charge in [0.05, 0.1) is 11.0 Å². The second kappa shape index (κ2) is 5.98. The second-order valence-electron chi connectivity index (χ2n) is 6.24. The molecule has 0 radical (unpaired) electrons. The Hall–Kier alpha value is -1.06. The summed E-state index contributed by atoms with van der Waals surface area (Å²) in [6.45, 7) is 4.06. The molecular weight excluding hydrogens is 284 g/mol. The normalized spacial score (nSPS) is 16.5. The van der Waals surface area contributed by atoms with Crippen molar-refractivity contribution in [3.05, 3.63) is 29.6 Å². The summed E-state index contributed by atoms with van der Waals surface area (Å²) in [5.74, 6) is 1.74. The lowest BCUT2D eigenvalue weighted by atomic mass is 10.0. The molecule has 0 N–H and O–H groups in total. The van der Waals surface area contributed by atoms with Crippen LogP contribution in [0.25, 0.3) is 11.0 Å². The number of aromatic nitrogens is 2. The average molecular weight is 307 g/mol. The van der Waals surface area contributed by atoms with Crippen LogP contribution >= 0.6 is 11.6 Å². The highest BCUT2D eigenvalue weighted by Gasteiger charge is 2.43. The Morgan fingerprint density at radius 1 is 1.38 bits per heavy atom. The molecule has 4 heteroatoms. The largest absolute Gasteiger partial charge is 0.385 e. The summed E-state index contributed by atoms with van der Waals surface area (Å²) in [5, 5.41) is 0. The number of methoxy groups -OCH3 is 1. The number of nitrogens with zero attached hydrogens (tertiary/aromatic N) is 2. The molecule has 0 aliphatic heterocycles. The van der Waals surface area contributed by atoms with E-state index in [9.17, 15) is 0 Å². The van der Waals surface area contributed by atoms with E-state index in [1.54, 1.807) is 7.11 Å². The van der Waals surface area contributed by atoms with E-state index in [0.29, 0.717) is 11.3 Å². The van der Waals surface area contributed by atoms with Crippen LogP contribution in [0.1, 0.15) is 30.7 Å². The molecule has 0 unspecified atom stereocenters. The molecule has 0 spiro atoms. The van der Waals surface area contributed by atoms with E-state index in [0.717, 1.165) is 37.3 Å². The van der Waals surface area contributed by atoms with Gasteiger partial charge < -0.3 is 9.30 Å². The highest BCUT2D eigenvalue weighted by Crippen LogP contribution is 2.50. The molecule has 3 nitrogen and oxygen atoms in total. The molecule has 2 aromatic rings. The smallest absolute Gasteiger partial charge is 0.111 e. The van der Waals surface area contributed by atoms with Crippen molar-refractivity contribution in [3.63, 3.8) is 0 Å². The number of ether oxygens (including phenoxy) is 1. The fourth-order valence-corrected chi connectivity index (χ4v) is 3.35. The molecule has 1 aromatic heterocycles. The van der Waals surface area contributed by atoms with Crippen molar-refractivity contribution in [2.75, 3.05) is 19.6 Å². The van der Waals surface area contributed by atoms with Gasteiger partial charge in [-0.3, -0.25) is 0 Å². The quantitative estimate of drug-likeness (QED) is 0.724. The van der Waals surface area contributed by atoms with Gasteiger partial charge in [0.2, 0.25) is 0 Å². The van der Waals surface area contributed by atoms with Gasteiger partial charge in [-0.15, -0.1) is 11.6 Å². The number of benzene rings is 1. The Morgan fingerprint density at radius 2 is 2.19 bits per heavy atom. The number of fused-ring (bicyclic) bond motifs is 1. The number of rotatable bonds is 7. The van der Waals surface area contributed by atoms with E-state index < -0.39 is 0 Å². The third-order valence-corrected chi connectivity index (χ3v) is 4.84. The van der Waals surface area contributed by atoms with Gasteiger partial charge in [-0.1, -0.05) is 12.1 Å². The van der Waals surface area contributed by atoms with Crippen molar-refractivity contribution < 1.29 is 4.74 Å². The summed E-state index contributed by atoms with van der Waals surface area (Å²) in [4.78, 5) is 4.80. The molecule has 1 aromatic carbocycles. The van der Waals surface area contributed by atoms with Gasteiger partial charge in [0.1, 0.15) is 5.82 Å². The first-order valence-corrected chi connectivity index (χ1v) is 8.22. The van der Waals surface area contributed by atoms with Crippen LogP contribution in [0.5, 0.6) is 0 Å². The standard InChI is InChI=1S/C17H23ClN2O/c1-13-4-3-5-14-16(13)20(15(19-14)6-10-18)12-17(7-8-17)9-11-21-2/h3-5H,6-12H2,1-2H3. The van der Waals surface area contributed by atoms with Crippen LogP contribution in [0.3, 0.4) is 0 Å². The van der Waals surface area contributed by atoms with E-state index in [2.05, 4.69) is 29.7 Å². The number of aryl methyl sites for hydroxylation is 2. The summed E-state index contributed by atoms with van der Waals surface area (Å²) < 4.78 is 7.69. The highest BCUT2D eigenvalue weighted by molar-refractivity contribution is 6.17. The van der Waals surface area contributed by atoms with E-state index >= 15 is 0 Å². The SMILES string of the molecule is COCCC1(Cn2c(CCCl)nc3cccc(C)c32)CC1. The first kappa shape index (κ1) is 14.9. The maximum Gasteiger partial charge on any atom is 0.111 e. The monoisotopic (exact) mass is 306 g/mol. The van der Waals surface area contributed by atoms with Crippen molar-refractivity contribution in [1.29, 1.82) is 0 Å². The fraction of sp³-hybridized carbons (Fsp3) is 0.588. The Labute approximate surface area is 131 Å². The predicted octanol–water partition coefficient (Wildman–Crippen LogP) is 3.94. The Bertz CT molecular complexity index is 631. The van der Waals surface area contributed by atoms with E-state index in [1.807, 2.05) is 0 Å². The maximum absolute atomic E-state index is 5.97. The molecule has 21 heavy (non-hydrogen) atoms. The molecule has 1 saturated carbocycles. The van der Waals surface area contributed by atoms with Crippen LogP contribution < -0.4 is 0 Å². The van der Waals surface area contributed by atoms with Gasteiger partial charge in [0.25, 0.3) is 0 Å². The molecular formula is C17H23ClN2O. The minimum Gasteiger partial charge on any atom is -0.385 e. The van der Waals surface area contributed by atoms with E-state index in [-0.39, 0.29) is 0 Å². The van der Waals surface area contributed by atoms with Crippen molar-refractivity contribution in [2.24, 2.45) is 5.41 Å². The van der Waals surface area contributed by atoms with Gasteiger partial charge in [0, 0.05) is 32.6 Å². The zero-order valence-corrected chi connectivity index (χ0v) is 13.6. The first-order chi connectivity index (χ1) is 10.2. The van der Waals surface area contributed by atoms with E-state index in [1.165, 1.54) is 23.9 Å². The van der Waals surface area contributed by atoms with Gasteiger partial charge in [-0.2, -0.15) is 0 Å². The zero-order valence-electron chi connectivity index (χ0n) is 12.9. The van der Waals surface area contributed by atoms with Crippen LogP contribution in [-0.2, 0) is 17.7 Å².